The molecular weight excluding hydrogens is 202 g/mol. The van der Waals surface area contributed by atoms with Crippen molar-refractivity contribution in [1.82, 2.24) is 5.32 Å². The maximum atomic E-state index is 10.2. The molecule has 1 fully saturated rings. The van der Waals surface area contributed by atoms with Gasteiger partial charge in [-0.2, -0.15) is 0 Å². The van der Waals surface area contributed by atoms with Gasteiger partial charge < -0.3 is 14.8 Å². The third-order valence-corrected chi connectivity index (χ3v) is 2.87. The molecule has 78 valence electrons. The van der Waals surface area contributed by atoms with Crippen LogP contribution in [-0.2, 0) is 6.42 Å². The molecule has 1 aromatic rings. The zero-order valence-corrected chi connectivity index (χ0v) is 8.68. The smallest absolute Gasteiger partial charge is 0.193 e. The standard InChI is InChI=1S/C10H14ClNO2/c11-9-2-1-8(14-9)7-10(13)3-5-12-6-4-10/h1-2,12-13H,3-7H2. The highest BCUT2D eigenvalue weighted by atomic mass is 35.5. The van der Waals surface area contributed by atoms with Crippen molar-refractivity contribution in [2.45, 2.75) is 24.9 Å². The van der Waals surface area contributed by atoms with Crippen LogP contribution in [0.3, 0.4) is 0 Å². The third-order valence-electron chi connectivity index (χ3n) is 2.67. The number of halogens is 1. The Morgan fingerprint density at radius 1 is 1.43 bits per heavy atom. The van der Waals surface area contributed by atoms with Gasteiger partial charge in [0, 0.05) is 6.42 Å². The van der Waals surface area contributed by atoms with Crippen molar-refractivity contribution in [2.75, 3.05) is 13.1 Å². The minimum atomic E-state index is -0.619. The molecule has 1 saturated heterocycles. The fourth-order valence-electron chi connectivity index (χ4n) is 1.84. The normalized spacial score (nSPS) is 21.0. The Labute approximate surface area is 88.1 Å². The Morgan fingerprint density at radius 3 is 2.71 bits per heavy atom. The van der Waals surface area contributed by atoms with Crippen molar-refractivity contribution in [3.63, 3.8) is 0 Å². The van der Waals surface area contributed by atoms with Gasteiger partial charge >= 0.3 is 0 Å². The summed E-state index contributed by atoms with van der Waals surface area (Å²) in [5, 5.41) is 13.8. The van der Waals surface area contributed by atoms with E-state index in [0.29, 0.717) is 11.6 Å². The van der Waals surface area contributed by atoms with E-state index in [1.165, 1.54) is 0 Å². The quantitative estimate of drug-likeness (QED) is 0.788. The summed E-state index contributed by atoms with van der Waals surface area (Å²) in [4.78, 5) is 0. The molecule has 1 aliphatic heterocycles. The van der Waals surface area contributed by atoms with Gasteiger partial charge in [-0.3, -0.25) is 0 Å². The van der Waals surface area contributed by atoms with Crippen molar-refractivity contribution in [3.8, 4) is 0 Å². The van der Waals surface area contributed by atoms with Crippen LogP contribution in [-0.4, -0.2) is 23.8 Å². The highest BCUT2D eigenvalue weighted by Gasteiger charge is 2.30. The van der Waals surface area contributed by atoms with Crippen LogP contribution >= 0.6 is 11.6 Å². The van der Waals surface area contributed by atoms with Gasteiger partial charge in [0.05, 0.1) is 5.60 Å². The Hall–Kier alpha value is -0.510. The molecule has 0 radical (unpaired) electrons. The van der Waals surface area contributed by atoms with Crippen molar-refractivity contribution in [3.05, 3.63) is 23.1 Å². The summed E-state index contributed by atoms with van der Waals surface area (Å²) < 4.78 is 5.24. The summed E-state index contributed by atoms with van der Waals surface area (Å²) >= 11 is 5.66. The van der Waals surface area contributed by atoms with E-state index in [2.05, 4.69) is 5.32 Å². The number of aliphatic hydroxyl groups is 1. The summed E-state index contributed by atoms with van der Waals surface area (Å²) in [5.74, 6) is 0.763. The van der Waals surface area contributed by atoms with Gasteiger partial charge in [0.2, 0.25) is 0 Å². The first-order valence-corrected chi connectivity index (χ1v) is 5.23. The van der Waals surface area contributed by atoms with E-state index in [9.17, 15) is 5.11 Å². The largest absolute Gasteiger partial charge is 0.450 e. The van der Waals surface area contributed by atoms with Gasteiger partial charge in [-0.05, 0) is 49.7 Å². The second-order valence-electron chi connectivity index (χ2n) is 3.86. The van der Waals surface area contributed by atoms with Crippen molar-refractivity contribution >= 4 is 11.6 Å². The Kier molecular flexibility index (Phi) is 2.81. The topological polar surface area (TPSA) is 45.4 Å². The van der Waals surface area contributed by atoms with Crippen LogP contribution < -0.4 is 5.32 Å². The lowest BCUT2D eigenvalue weighted by atomic mass is 9.88. The first-order chi connectivity index (χ1) is 6.68. The molecule has 2 N–H and O–H groups in total. The highest BCUT2D eigenvalue weighted by molar-refractivity contribution is 6.28. The third kappa shape index (κ3) is 2.29. The summed E-state index contributed by atoms with van der Waals surface area (Å²) in [5.41, 5.74) is -0.619. The number of hydrogen-bond donors (Lipinski definition) is 2. The lowest BCUT2D eigenvalue weighted by Gasteiger charge is -2.31. The molecule has 3 nitrogen and oxygen atoms in total. The molecule has 2 rings (SSSR count). The summed E-state index contributed by atoms with van der Waals surface area (Å²) in [6.07, 6.45) is 2.10. The van der Waals surface area contributed by atoms with Gasteiger partial charge in [0.1, 0.15) is 5.76 Å². The lowest BCUT2D eigenvalue weighted by Crippen LogP contribution is -2.43. The van der Waals surface area contributed by atoms with E-state index in [-0.39, 0.29) is 0 Å². The second kappa shape index (κ2) is 3.93. The van der Waals surface area contributed by atoms with Crippen LogP contribution in [0.2, 0.25) is 5.22 Å². The number of hydrogen-bond acceptors (Lipinski definition) is 3. The molecule has 1 aliphatic rings. The summed E-state index contributed by atoms with van der Waals surface area (Å²) in [6.45, 7) is 1.73. The van der Waals surface area contributed by atoms with Gasteiger partial charge in [-0.1, -0.05) is 0 Å². The van der Waals surface area contributed by atoms with Crippen LogP contribution in [0.1, 0.15) is 18.6 Å². The number of nitrogens with one attached hydrogen (secondary N) is 1. The molecule has 0 aromatic carbocycles. The van der Waals surface area contributed by atoms with E-state index in [1.807, 2.05) is 6.07 Å². The van der Waals surface area contributed by atoms with Crippen LogP contribution in [0.4, 0.5) is 0 Å². The zero-order chi connectivity index (χ0) is 10.0. The van der Waals surface area contributed by atoms with E-state index >= 15 is 0 Å². The molecule has 0 spiro atoms. The predicted octanol–water partition coefficient (Wildman–Crippen LogP) is 1.59. The minimum absolute atomic E-state index is 0.387. The predicted molar refractivity (Wildman–Crippen MR) is 54.5 cm³/mol. The molecule has 0 saturated carbocycles. The van der Waals surface area contributed by atoms with Crippen molar-refractivity contribution < 1.29 is 9.52 Å². The van der Waals surface area contributed by atoms with Gasteiger partial charge in [-0.25, -0.2) is 0 Å². The van der Waals surface area contributed by atoms with Crippen molar-refractivity contribution in [2.24, 2.45) is 0 Å². The highest BCUT2D eigenvalue weighted by Crippen LogP contribution is 2.25. The Morgan fingerprint density at radius 2 is 2.14 bits per heavy atom. The molecular formula is C10H14ClNO2. The van der Waals surface area contributed by atoms with E-state index in [0.717, 1.165) is 31.7 Å². The van der Waals surface area contributed by atoms with Gasteiger partial charge in [0.25, 0.3) is 0 Å². The lowest BCUT2D eigenvalue weighted by molar-refractivity contribution is 0.00664. The van der Waals surface area contributed by atoms with Crippen LogP contribution in [0.15, 0.2) is 16.5 Å². The average molecular weight is 216 g/mol. The van der Waals surface area contributed by atoms with E-state index < -0.39 is 5.60 Å². The van der Waals surface area contributed by atoms with Crippen LogP contribution in [0.5, 0.6) is 0 Å². The fraction of sp³-hybridized carbons (Fsp3) is 0.600. The molecule has 2 heterocycles. The first-order valence-electron chi connectivity index (χ1n) is 4.85. The molecule has 0 unspecified atom stereocenters. The number of furan rings is 1. The molecule has 4 heteroatoms. The van der Waals surface area contributed by atoms with Gasteiger partial charge in [-0.15, -0.1) is 0 Å². The van der Waals surface area contributed by atoms with E-state index in [1.54, 1.807) is 6.07 Å². The maximum absolute atomic E-state index is 10.2. The zero-order valence-electron chi connectivity index (χ0n) is 7.92. The van der Waals surface area contributed by atoms with Crippen LogP contribution in [0, 0.1) is 0 Å². The minimum Gasteiger partial charge on any atom is -0.450 e. The van der Waals surface area contributed by atoms with Crippen LogP contribution in [0.25, 0.3) is 0 Å². The fourth-order valence-corrected chi connectivity index (χ4v) is 2.00. The molecule has 0 aliphatic carbocycles. The molecule has 0 atom stereocenters. The average Bonchev–Trinajstić information content (AvgIpc) is 2.51. The van der Waals surface area contributed by atoms with Gasteiger partial charge in [0.15, 0.2) is 5.22 Å². The SMILES string of the molecule is OC1(Cc2ccc(Cl)o2)CCNCC1. The maximum Gasteiger partial charge on any atom is 0.193 e. The Balaban J connectivity index is 2.01. The molecule has 14 heavy (non-hydrogen) atoms. The number of piperidine rings is 1. The summed E-state index contributed by atoms with van der Waals surface area (Å²) in [7, 11) is 0. The first kappa shape index (κ1) is 10.0. The van der Waals surface area contributed by atoms with E-state index in [4.69, 9.17) is 16.0 Å². The number of rotatable bonds is 2. The second-order valence-corrected chi connectivity index (χ2v) is 4.23. The molecule has 1 aromatic heterocycles. The monoisotopic (exact) mass is 215 g/mol. The Bertz CT molecular complexity index is 305. The molecule has 0 bridgehead atoms. The summed E-state index contributed by atoms with van der Waals surface area (Å²) in [6, 6.07) is 3.53. The van der Waals surface area contributed by atoms with Crippen molar-refractivity contribution in [1.29, 1.82) is 0 Å². The molecule has 0 amide bonds.